The van der Waals surface area contributed by atoms with Gasteiger partial charge in [-0.25, -0.2) is 14.6 Å². The van der Waals surface area contributed by atoms with Gasteiger partial charge in [-0.1, -0.05) is 56.3 Å². The van der Waals surface area contributed by atoms with Crippen LogP contribution >= 0.6 is 0 Å². The molecule has 0 spiro atoms. The van der Waals surface area contributed by atoms with E-state index in [1.165, 1.54) is 19.2 Å². The second-order valence-corrected chi connectivity index (χ2v) is 11.8. The van der Waals surface area contributed by atoms with Crippen LogP contribution in [0.5, 0.6) is 5.75 Å². The summed E-state index contributed by atoms with van der Waals surface area (Å²) in [5, 5.41) is 8.54. The molecule has 1 fully saturated rings. The molecule has 1 heterocycles. The number of benzene rings is 3. The highest BCUT2D eigenvalue weighted by Gasteiger charge is 2.27. The molecule has 1 atom stereocenters. The zero-order valence-corrected chi connectivity index (χ0v) is 26.0. The Hall–Kier alpha value is -4.83. The third kappa shape index (κ3) is 9.58. The van der Waals surface area contributed by atoms with Crippen LogP contribution in [0.1, 0.15) is 43.9 Å². The summed E-state index contributed by atoms with van der Waals surface area (Å²) >= 11 is 0. The van der Waals surface area contributed by atoms with E-state index in [1.54, 1.807) is 37.6 Å². The number of aromatic nitrogens is 1. The molecular weight excluding hydrogens is 570 g/mol. The van der Waals surface area contributed by atoms with E-state index < -0.39 is 12.1 Å². The summed E-state index contributed by atoms with van der Waals surface area (Å²) in [6, 6.07) is 22.0. The van der Waals surface area contributed by atoms with E-state index in [1.807, 2.05) is 48.5 Å². The van der Waals surface area contributed by atoms with Crippen LogP contribution in [-0.2, 0) is 11.3 Å². The van der Waals surface area contributed by atoms with Gasteiger partial charge in [0.25, 0.3) is 0 Å². The summed E-state index contributed by atoms with van der Waals surface area (Å²) in [5.41, 5.74) is 3.64. The van der Waals surface area contributed by atoms with Crippen molar-refractivity contribution in [1.29, 1.82) is 0 Å². The van der Waals surface area contributed by atoms with Gasteiger partial charge in [-0.3, -0.25) is 4.90 Å². The van der Waals surface area contributed by atoms with E-state index >= 15 is 0 Å². The molecule has 1 aliphatic carbocycles. The molecular formula is C35H41N5O5. The first-order chi connectivity index (χ1) is 21.9. The average molecular weight is 612 g/mol. The second kappa shape index (κ2) is 15.3. The molecule has 1 aromatic heterocycles. The number of hydrogen-bond donors (Lipinski definition) is 3. The monoisotopic (exact) mass is 611 g/mol. The number of nitrogens with zero attached hydrogens (tertiary/aromatic N) is 2. The fourth-order valence-corrected chi connectivity index (χ4v) is 5.24. The molecule has 10 nitrogen and oxygen atoms in total. The minimum absolute atomic E-state index is 0.246. The van der Waals surface area contributed by atoms with Crippen LogP contribution in [0.25, 0.3) is 11.3 Å². The lowest BCUT2D eigenvalue weighted by atomic mass is 10.1. The van der Waals surface area contributed by atoms with Crippen LogP contribution in [0.2, 0.25) is 0 Å². The zero-order chi connectivity index (χ0) is 31.6. The fourth-order valence-electron chi connectivity index (χ4n) is 5.24. The van der Waals surface area contributed by atoms with Gasteiger partial charge in [-0.05, 0) is 60.1 Å². The first kappa shape index (κ1) is 31.6. The summed E-state index contributed by atoms with van der Waals surface area (Å²) in [7, 11) is 1.55. The van der Waals surface area contributed by atoms with Crippen LogP contribution < -0.4 is 20.7 Å². The Morgan fingerprint density at radius 2 is 1.76 bits per heavy atom. The number of hydrogen-bond acceptors (Lipinski definition) is 7. The molecule has 5 rings (SSSR count). The number of ether oxygens (including phenoxy) is 2. The van der Waals surface area contributed by atoms with Crippen molar-refractivity contribution in [3.63, 3.8) is 0 Å². The second-order valence-electron chi connectivity index (χ2n) is 11.8. The minimum atomic E-state index is -0.487. The van der Waals surface area contributed by atoms with Crippen LogP contribution in [0.15, 0.2) is 89.8 Å². The van der Waals surface area contributed by atoms with E-state index in [-0.39, 0.29) is 12.6 Å². The molecule has 0 bridgehead atoms. The SMILES string of the molecule is COc1cc(NC(=O)Nc2cccc(CNC(=O)O[C@H](CN(CC(C)C)CC3CC3)c3ccccc3)c2)ccc1-c1cnco1. The average Bonchev–Trinajstić information content (AvgIpc) is 3.67. The Balaban J connectivity index is 1.16. The van der Waals surface area contributed by atoms with Gasteiger partial charge in [0.1, 0.15) is 11.9 Å². The molecule has 0 unspecified atom stereocenters. The molecule has 4 aromatic rings. The summed E-state index contributed by atoms with van der Waals surface area (Å²) in [6.07, 6.45) is 4.61. The number of oxazole rings is 1. The standard InChI is InChI=1S/C35H41N5O5/c1-24(2)20-40(21-25-12-13-25)22-33(27-9-5-4-6-10-27)45-35(42)37-18-26-8-7-11-28(16-26)38-34(41)39-29-14-15-30(31(17-29)43-3)32-19-36-23-44-32/h4-11,14-17,19,23-25,33H,12-13,18,20-22H2,1-3H3,(H,37,42)(H2,38,39,41)/t33-/m1/s1. The third-order valence-electron chi connectivity index (χ3n) is 7.46. The number of carbonyl (C=O) groups is 2. The molecule has 3 aromatic carbocycles. The van der Waals surface area contributed by atoms with Gasteiger partial charge in [0.2, 0.25) is 0 Å². The predicted molar refractivity (Wildman–Crippen MR) is 174 cm³/mol. The highest BCUT2D eigenvalue weighted by atomic mass is 16.6. The Labute approximate surface area is 264 Å². The molecule has 10 heteroatoms. The van der Waals surface area contributed by atoms with Crippen molar-refractivity contribution in [3.05, 3.63) is 96.5 Å². The number of alkyl carbamates (subject to hydrolysis) is 1. The van der Waals surface area contributed by atoms with Crippen LogP contribution in [0.4, 0.5) is 21.0 Å². The normalized spacial score (nSPS) is 13.4. The molecule has 3 N–H and O–H groups in total. The lowest BCUT2D eigenvalue weighted by Crippen LogP contribution is -2.36. The maximum Gasteiger partial charge on any atom is 0.408 e. The lowest BCUT2D eigenvalue weighted by Gasteiger charge is -2.29. The van der Waals surface area contributed by atoms with Crippen molar-refractivity contribution in [1.82, 2.24) is 15.2 Å². The Morgan fingerprint density at radius 1 is 0.978 bits per heavy atom. The third-order valence-corrected chi connectivity index (χ3v) is 7.46. The fraction of sp³-hybridized carbons (Fsp3) is 0.343. The molecule has 236 valence electrons. The van der Waals surface area contributed by atoms with Gasteiger partial charge in [-0.2, -0.15) is 0 Å². The van der Waals surface area contributed by atoms with E-state index in [9.17, 15) is 9.59 Å². The number of carbonyl (C=O) groups excluding carboxylic acids is 2. The molecule has 1 saturated carbocycles. The summed E-state index contributed by atoms with van der Waals surface area (Å²) < 4.78 is 16.8. The summed E-state index contributed by atoms with van der Waals surface area (Å²) in [6.45, 7) is 7.31. The first-order valence-corrected chi connectivity index (χ1v) is 15.3. The number of nitrogens with one attached hydrogen (secondary N) is 3. The molecule has 0 saturated heterocycles. The van der Waals surface area contributed by atoms with E-state index in [2.05, 4.69) is 39.7 Å². The van der Waals surface area contributed by atoms with E-state index in [4.69, 9.17) is 13.9 Å². The zero-order valence-electron chi connectivity index (χ0n) is 26.0. The largest absolute Gasteiger partial charge is 0.496 e. The highest BCUT2D eigenvalue weighted by molar-refractivity contribution is 6.00. The van der Waals surface area contributed by atoms with Crippen molar-refractivity contribution in [3.8, 4) is 17.1 Å². The maximum absolute atomic E-state index is 13.0. The van der Waals surface area contributed by atoms with E-state index in [0.29, 0.717) is 35.3 Å². The van der Waals surface area contributed by atoms with Crippen LogP contribution in [0.3, 0.4) is 0 Å². The smallest absolute Gasteiger partial charge is 0.408 e. The van der Waals surface area contributed by atoms with Crippen LogP contribution in [-0.4, -0.2) is 48.8 Å². The predicted octanol–water partition coefficient (Wildman–Crippen LogP) is 7.33. The van der Waals surface area contributed by atoms with Gasteiger partial charge in [0.05, 0.1) is 18.9 Å². The molecule has 0 aliphatic heterocycles. The first-order valence-electron chi connectivity index (χ1n) is 15.3. The van der Waals surface area contributed by atoms with Gasteiger partial charge in [0, 0.05) is 43.6 Å². The van der Waals surface area contributed by atoms with Crippen molar-refractivity contribution >= 4 is 23.5 Å². The summed E-state index contributed by atoms with van der Waals surface area (Å²) in [4.78, 5) is 32.1. The number of anilines is 2. The molecule has 3 amide bonds. The van der Waals surface area contributed by atoms with Crippen molar-refractivity contribution in [2.45, 2.75) is 39.3 Å². The number of rotatable bonds is 14. The minimum Gasteiger partial charge on any atom is -0.496 e. The van der Waals surface area contributed by atoms with Gasteiger partial charge < -0.3 is 29.8 Å². The van der Waals surface area contributed by atoms with Gasteiger partial charge >= 0.3 is 12.1 Å². The topological polar surface area (TPSA) is 118 Å². The van der Waals surface area contributed by atoms with Gasteiger partial charge in [0.15, 0.2) is 12.2 Å². The Bertz CT molecular complexity index is 1540. The molecule has 45 heavy (non-hydrogen) atoms. The lowest BCUT2D eigenvalue weighted by molar-refractivity contribution is 0.0643. The van der Waals surface area contributed by atoms with Crippen LogP contribution in [0, 0.1) is 11.8 Å². The van der Waals surface area contributed by atoms with Crippen molar-refractivity contribution in [2.75, 3.05) is 37.4 Å². The number of urea groups is 1. The molecule has 1 aliphatic rings. The highest BCUT2D eigenvalue weighted by Crippen LogP contribution is 2.33. The van der Waals surface area contributed by atoms with Crippen molar-refractivity contribution < 1.29 is 23.5 Å². The maximum atomic E-state index is 13.0. The molecule has 0 radical (unpaired) electrons. The summed E-state index contributed by atoms with van der Waals surface area (Å²) in [5.74, 6) is 2.36. The quantitative estimate of drug-likeness (QED) is 0.137. The number of methoxy groups -OCH3 is 1. The Kier molecular flexibility index (Phi) is 10.7. The van der Waals surface area contributed by atoms with E-state index in [0.717, 1.165) is 35.7 Å². The van der Waals surface area contributed by atoms with Gasteiger partial charge in [-0.15, -0.1) is 0 Å². The number of amides is 3. The Morgan fingerprint density at radius 3 is 2.44 bits per heavy atom. The van der Waals surface area contributed by atoms with Crippen molar-refractivity contribution in [2.24, 2.45) is 11.8 Å².